The number of hydrogen-bond donors (Lipinski definition) is 0. The van der Waals surface area contributed by atoms with E-state index in [0.717, 1.165) is 77.0 Å². The van der Waals surface area contributed by atoms with E-state index < -0.39 is 112 Å². The van der Waals surface area contributed by atoms with Crippen LogP contribution in [0.5, 0.6) is 0 Å². The zero-order chi connectivity index (χ0) is 55.6. The second-order valence-electron chi connectivity index (χ2n) is 19.7. The maximum Gasteiger partial charge on any atom is 0.306 e. The molecule has 1 rings (SSSR count). The number of Topliss-reactive ketones (excluding diaryl/α,β-unsaturated/α-hetero) is 4. The number of esters is 6. The molecule has 1 fully saturated rings. The molecule has 1 unspecified atom stereocenters. The summed E-state index contributed by atoms with van der Waals surface area (Å²) in [6, 6.07) is 0. The van der Waals surface area contributed by atoms with Gasteiger partial charge in [-0.05, 0) is 66.2 Å². The van der Waals surface area contributed by atoms with E-state index in [0.29, 0.717) is 12.8 Å². The number of ether oxygens (including phenoxy) is 8. The van der Waals surface area contributed by atoms with Crippen LogP contribution in [0.25, 0.3) is 0 Å². The number of carbonyl (C=O) groups excluding carboxylic acids is 10. The zero-order valence-corrected chi connectivity index (χ0v) is 46.3. The van der Waals surface area contributed by atoms with Crippen LogP contribution in [0.15, 0.2) is 12.2 Å². The summed E-state index contributed by atoms with van der Waals surface area (Å²) in [5.74, 6) is -6.20. The maximum absolute atomic E-state index is 13.4. The van der Waals surface area contributed by atoms with E-state index in [4.69, 9.17) is 37.9 Å². The summed E-state index contributed by atoms with van der Waals surface area (Å²) in [7, 11) is 0. The summed E-state index contributed by atoms with van der Waals surface area (Å²) >= 11 is 0. The standard InChI is InChI=1S/C57H92O18/c1-7-9-11-13-15-16-17-18-19-20-21-22-24-26-28-30-50(64)71-46(39-68-48(62)29-27-25-23-14-12-10-8-2)40-70-57-56(75-53(67)38-34-45(6)61)55(74-52(66)37-33-44(5)60)54(73-51(65)36-32-43(4)59)47(72-57)41-69-49(63)35-31-42(3)58/h18-19,46-47,54-57H,7-17,20-41H2,1-6H3/b19-18+/t46?,47-,54+,55+,56-,57-/m1/s1. The number of hydrogen-bond acceptors (Lipinski definition) is 18. The lowest BCUT2D eigenvalue weighted by atomic mass is 9.97. The fraction of sp³-hybridized carbons (Fsp3) is 0.789. The summed E-state index contributed by atoms with van der Waals surface area (Å²) in [6.07, 6.45) is 13.3. The van der Waals surface area contributed by atoms with Crippen molar-refractivity contribution in [2.24, 2.45) is 0 Å². The number of rotatable bonds is 46. The van der Waals surface area contributed by atoms with Crippen molar-refractivity contribution in [1.82, 2.24) is 0 Å². The summed E-state index contributed by atoms with van der Waals surface area (Å²) in [5, 5.41) is 0. The second kappa shape index (κ2) is 43.3. The molecule has 0 amide bonds. The Hall–Kier alpha value is -4.84. The predicted molar refractivity (Wildman–Crippen MR) is 278 cm³/mol. The lowest BCUT2D eigenvalue weighted by molar-refractivity contribution is -0.312. The van der Waals surface area contributed by atoms with Crippen molar-refractivity contribution in [3.63, 3.8) is 0 Å². The summed E-state index contributed by atoms with van der Waals surface area (Å²) in [5.41, 5.74) is 0. The summed E-state index contributed by atoms with van der Waals surface area (Å²) in [4.78, 5) is 127. The van der Waals surface area contributed by atoms with Crippen molar-refractivity contribution in [3.8, 4) is 0 Å². The van der Waals surface area contributed by atoms with Gasteiger partial charge in [0.2, 0.25) is 0 Å². The average Bonchev–Trinajstić information content (AvgIpc) is 3.36. The molecule has 428 valence electrons. The second-order valence-corrected chi connectivity index (χ2v) is 19.7. The first-order valence-electron chi connectivity index (χ1n) is 27.9. The van der Waals surface area contributed by atoms with Gasteiger partial charge in [0.25, 0.3) is 0 Å². The Labute approximate surface area is 446 Å². The van der Waals surface area contributed by atoms with Crippen LogP contribution in [0.1, 0.15) is 234 Å². The van der Waals surface area contributed by atoms with Crippen molar-refractivity contribution in [3.05, 3.63) is 12.2 Å². The van der Waals surface area contributed by atoms with Crippen LogP contribution in [-0.2, 0) is 85.8 Å². The van der Waals surface area contributed by atoms with Gasteiger partial charge in [0, 0.05) is 38.5 Å². The van der Waals surface area contributed by atoms with Crippen LogP contribution in [0.4, 0.5) is 0 Å². The third kappa shape index (κ3) is 36.7. The molecule has 0 aliphatic carbocycles. The van der Waals surface area contributed by atoms with Crippen LogP contribution in [0.3, 0.4) is 0 Å². The highest BCUT2D eigenvalue weighted by molar-refractivity contribution is 5.83. The molecule has 0 radical (unpaired) electrons. The van der Waals surface area contributed by atoms with Gasteiger partial charge in [-0.15, -0.1) is 0 Å². The van der Waals surface area contributed by atoms with Crippen molar-refractivity contribution in [2.75, 3.05) is 19.8 Å². The molecule has 18 heteroatoms. The third-order valence-electron chi connectivity index (χ3n) is 12.3. The lowest BCUT2D eigenvalue weighted by Crippen LogP contribution is -2.63. The van der Waals surface area contributed by atoms with Crippen LogP contribution in [0.2, 0.25) is 0 Å². The van der Waals surface area contributed by atoms with Crippen LogP contribution in [0, 0.1) is 0 Å². The Kier molecular flexibility index (Phi) is 39.3. The first kappa shape index (κ1) is 68.2. The van der Waals surface area contributed by atoms with Crippen LogP contribution < -0.4 is 0 Å². The predicted octanol–water partition coefficient (Wildman–Crippen LogP) is 10.1. The smallest absolute Gasteiger partial charge is 0.306 e. The van der Waals surface area contributed by atoms with E-state index in [1.165, 1.54) is 66.2 Å². The first-order valence-corrected chi connectivity index (χ1v) is 27.9. The quantitative estimate of drug-likeness (QED) is 0.0238. The van der Waals surface area contributed by atoms with Crippen molar-refractivity contribution in [1.29, 1.82) is 0 Å². The third-order valence-corrected chi connectivity index (χ3v) is 12.3. The Morgan fingerprint density at radius 2 is 0.787 bits per heavy atom. The molecule has 1 aliphatic heterocycles. The minimum absolute atomic E-state index is 0.0585. The molecule has 0 aromatic carbocycles. The molecule has 1 heterocycles. The Bertz CT molecular complexity index is 1740. The Balaban J connectivity index is 3.44. The van der Waals surface area contributed by atoms with Gasteiger partial charge in [-0.1, -0.05) is 116 Å². The van der Waals surface area contributed by atoms with Crippen molar-refractivity contribution < 1.29 is 85.8 Å². The van der Waals surface area contributed by atoms with Gasteiger partial charge in [0.05, 0.1) is 32.3 Å². The Morgan fingerprint density at radius 3 is 1.25 bits per heavy atom. The minimum atomic E-state index is -1.78. The molecule has 1 aliphatic rings. The van der Waals surface area contributed by atoms with Gasteiger partial charge in [0.1, 0.15) is 42.5 Å². The summed E-state index contributed by atoms with van der Waals surface area (Å²) in [6.45, 7) is 7.78. The molecular formula is C57H92O18. The van der Waals surface area contributed by atoms with Crippen molar-refractivity contribution >= 4 is 58.9 Å². The number of ketones is 4. The van der Waals surface area contributed by atoms with E-state index in [2.05, 4.69) is 26.0 Å². The largest absolute Gasteiger partial charge is 0.463 e. The normalized spacial score (nSPS) is 17.7. The number of unbranched alkanes of at least 4 members (excludes halogenated alkanes) is 17. The van der Waals surface area contributed by atoms with Crippen LogP contribution in [-0.4, -0.2) is 116 Å². The van der Waals surface area contributed by atoms with Gasteiger partial charge in [-0.25, -0.2) is 0 Å². The molecule has 0 bridgehead atoms. The molecule has 0 N–H and O–H groups in total. The summed E-state index contributed by atoms with van der Waals surface area (Å²) < 4.78 is 46.7. The highest BCUT2D eigenvalue weighted by Gasteiger charge is 2.53. The van der Waals surface area contributed by atoms with E-state index in [1.54, 1.807) is 0 Å². The van der Waals surface area contributed by atoms with Gasteiger partial charge in [-0.3, -0.25) is 28.8 Å². The molecular weight excluding hydrogens is 973 g/mol. The molecule has 18 nitrogen and oxygen atoms in total. The molecule has 75 heavy (non-hydrogen) atoms. The lowest BCUT2D eigenvalue weighted by Gasteiger charge is -2.44. The van der Waals surface area contributed by atoms with Gasteiger partial charge in [0.15, 0.2) is 30.7 Å². The number of carbonyl (C=O) groups is 10. The first-order chi connectivity index (χ1) is 35.9. The van der Waals surface area contributed by atoms with Gasteiger partial charge < -0.3 is 57.1 Å². The number of allylic oxidation sites excluding steroid dienone is 2. The van der Waals surface area contributed by atoms with Crippen LogP contribution >= 0.6 is 0 Å². The molecule has 0 aromatic heterocycles. The highest BCUT2D eigenvalue weighted by Crippen LogP contribution is 2.31. The average molecular weight is 1070 g/mol. The Morgan fingerprint density at radius 1 is 0.400 bits per heavy atom. The molecule has 0 aromatic rings. The SMILES string of the molecule is CCCCCCCC/C=C/CCCCCCCC(=O)OC(COC(=O)CCCCCCCCC)CO[C@@H]1O[C@H](COC(=O)CCC(C)=O)[C@H](OC(=O)CCC(C)=O)[C@H](OC(=O)CCC(C)=O)[C@H]1OC(=O)CCC(C)=O. The van der Waals surface area contributed by atoms with E-state index in [-0.39, 0.29) is 68.1 Å². The monoisotopic (exact) mass is 1060 g/mol. The maximum atomic E-state index is 13.4. The van der Waals surface area contributed by atoms with Crippen molar-refractivity contribution in [2.45, 2.75) is 271 Å². The minimum Gasteiger partial charge on any atom is -0.463 e. The highest BCUT2D eigenvalue weighted by atomic mass is 16.7. The topological polar surface area (TPSA) is 245 Å². The molecule has 0 spiro atoms. The molecule has 6 atom stereocenters. The molecule has 0 saturated carbocycles. The van der Waals surface area contributed by atoms with E-state index >= 15 is 0 Å². The zero-order valence-electron chi connectivity index (χ0n) is 46.3. The fourth-order valence-electron chi connectivity index (χ4n) is 7.93. The van der Waals surface area contributed by atoms with Gasteiger partial charge in [-0.2, -0.15) is 0 Å². The molecule has 1 saturated heterocycles. The van der Waals surface area contributed by atoms with E-state index in [9.17, 15) is 47.9 Å². The van der Waals surface area contributed by atoms with E-state index in [1.807, 2.05) is 0 Å². The fourth-order valence-corrected chi connectivity index (χ4v) is 7.93. The van der Waals surface area contributed by atoms with Gasteiger partial charge >= 0.3 is 35.8 Å².